The van der Waals surface area contributed by atoms with E-state index in [1.807, 2.05) is 0 Å². The molecule has 1 fully saturated rings. The highest BCUT2D eigenvalue weighted by atomic mass is 19.1. The fourth-order valence-electron chi connectivity index (χ4n) is 2.07. The van der Waals surface area contributed by atoms with Crippen LogP contribution >= 0.6 is 0 Å². The molecular formula is C18H18FNO5. The summed E-state index contributed by atoms with van der Waals surface area (Å²) < 4.78 is 28.7. The molecule has 6 nitrogen and oxygen atoms in total. The van der Waals surface area contributed by atoms with Crippen LogP contribution < -0.4 is 10.1 Å². The second-order valence-corrected chi connectivity index (χ2v) is 5.84. The van der Waals surface area contributed by atoms with Crippen LogP contribution in [0.3, 0.4) is 0 Å². The van der Waals surface area contributed by atoms with Gasteiger partial charge in [-0.05, 0) is 56.2 Å². The van der Waals surface area contributed by atoms with Crippen LogP contribution in [0.15, 0.2) is 40.8 Å². The Balaban J connectivity index is 1.50. The summed E-state index contributed by atoms with van der Waals surface area (Å²) in [5.74, 6) is -0.508. The van der Waals surface area contributed by atoms with Crippen LogP contribution in [-0.4, -0.2) is 24.0 Å². The van der Waals surface area contributed by atoms with Crippen LogP contribution in [0.25, 0.3) is 0 Å². The quantitative estimate of drug-likeness (QED) is 0.779. The molecule has 1 atom stereocenters. The average molecular weight is 347 g/mol. The zero-order valence-electron chi connectivity index (χ0n) is 13.7. The number of halogens is 1. The van der Waals surface area contributed by atoms with Crippen molar-refractivity contribution in [3.8, 4) is 5.75 Å². The van der Waals surface area contributed by atoms with Gasteiger partial charge in [-0.1, -0.05) is 0 Å². The number of carbonyl (C=O) groups excluding carboxylic acids is 2. The Bertz CT molecular complexity index is 751. The summed E-state index contributed by atoms with van der Waals surface area (Å²) in [4.78, 5) is 23.8. The number of amides is 1. The number of ether oxygens (including phenoxy) is 2. The number of rotatable bonds is 7. The first-order valence-corrected chi connectivity index (χ1v) is 7.99. The fourth-order valence-corrected chi connectivity index (χ4v) is 2.07. The monoisotopic (exact) mass is 347 g/mol. The first kappa shape index (κ1) is 17.0. The summed E-state index contributed by atoms with van der Waals surface area (Å²) in [7, 11) is 0. The maximum atomic E-state index is 12.8. The average Bonchev–Trinajstić information content (AvgIpc) is 3.28. The van der Waals surface area contributed by atoms with E-state index in [0.29, 0.717) is 11.5 Å². The first-order valence-electron chi connectivity index (χ1n) is 7.99. The van der Waals surface area contributed by atoms with E-state index >= 15 is 0 Å². The number of nitrogens with one attached hydrogen (secondary N) is 1. The highest BCUT2D eigenvalue weighted by Crippen LogP contribution is 2.19. The Morgan fingerprint density at radius 2 is 1.96 bits per heavy atom. The Hall–Kier alpha value is -2.83. The molecule has 0 spiro atoms. The molecule has 132 valence electrons. The van der Waals surface area contributed by atoms with Crippen LogP contribution in [0, 0.1) is 5.82 Å². The van der Waals surface area contributed by atoms with Gasteiger partial charge in [0, 0.05) is 6.04 Å². The SMILES string of the molecule is C[C@H](OC(=O)c1ccc(COc2ccc(F)cc2)o1)C(=O)NC1CC1. The lowest BCUT2D eigenvalue weighted by Crippen LogP contribution is -2.37. The minimum atomic E-state index is -0.892. The van der Waals surface area contributed by atoms with Gasteiger partial charge in [-0.15, -0.1) is 0 Å². The Labute approximate surface area is 143 Å². The van der Waals surface area contributed by atoms with Crippen molar-refractivity contribution in [2.24, 2.45) is 0 Å². The molecule has 25 heavy (non-hydrogen) atoms. The van der Waals surface area contributed by atoms with Gasteiger partial charge in [0.15, 0.2) is 6.10 Å². The molecule has 0 bridgehead atoms. The molecule has 3 rings (SSSR count). The van der Waals surface area contributed by atoms with E-state index in [2.05, 4.69) is 5.32 Å². The highest BCUT2D eigenvalue weighted by molar-refractivity contribution is 5.90. The van der Waals surface area contributed by atoms with Crippen molar-refractivity contribution < 1.29 is 27.9 Å². The summed E-state index contributed by atoms with van der Waals surface area (Å²) in [5.41, 5.74) is 0. The fraction of sp³-hybridized carbons (Fsp3) is 0.333. The predicted molar refractivity (Wildman–Crippen MR) is 85.5 cm³/mol. The molecule has 1 aromatic heterocycles. The third-order valence-corrected chi connectivity index (χ3v) is 3.63. The number of carbonyl (C=O) groups is 2. The summed E-state index contributed by atoms with van der Waals surface area (Å²) in [6.45, 7) is 1.59. The molecule has 1 aromatic carbocycles. The van der Waals surface area contributed by atoms with Gasteiger partial charge in [0.25, 0.3) is 5.91 Å². The molecule has 1 N–H and O–H groups in total. The molecule has 0 aliphatic heterocycles. The van der Waals surface area contributed by atoms with Gasteiger partial charge in [0.1, 0.15) is 23.9 Å². The summed E-state index contributed by atoms with van der Waals surface area (Å²) in [5, 5.41) is 2.76. The smallest absolute Gasteiger partial charge is 0.375 e. The number of furan rings is 1. The van der Waals surface area contributed by atoms with E-state index in [1.165, 1.54) is 37.3 Å². The van der Waals surface area contributed by atoms with Gasteiger partial charge in [-0.3, -0.25) is 4.79 Å². The van der Waals surface area contributed by atoms with Crippen molar-refractivity contribution in [2.45, 2.75) is 38.5 Å². The zero-order chi connectivity index (χ0) is 17.8. The second kappa shape index (κ2) is 7.38. The van der Waals surface area contributed by atoms with Crippen molar-refractivity contribution in [2.75, 3.05) is 0 Å². The highest BCUT2D eigenvalue weighted by Gasteiger charge is 2.28. The van der Waals surface area contributed by atoms with Gasteiger partial charge in [0.05, 0.1) is 0 Å². The molecule has 1 aliphatic carbocycles. The molecule has 1 amide bonds. The maximum absolute atomic E-state index is 12.8. The largest absolute Gasteiger partial charge is 0.486 e. The summed E-state index contributed by atoms with van der Waals surface area (Å²) >= 11 is 0. The van der Waals surface area contributed by atoms with Gasteiger partial charge >= 0.3 is 5.97 Å². The maximum Gasteiger partial charge on any atom is 0.375 e. The van der Waals surface area contributed by atoms with Crippen LogP contribution in [0.1, 0.15) is 36.1 Å². The van der Waals surface area contributed by atoms with Crippen LogP contribution in [0.4, 0.5) is 4.39 Å². The number of hydrogen-bond acceptors (Lipinski definition) is 5. The van der Waals surface area contributed by atoms with Crippen molar-refractivity contribution in [3.05, 3.63) is 53.7 Å². The van der Waals surface area contributed by atoms with Crippen LogP contribution in [0.2, 0.25) is 0 Å². The molecular weight excluding hydrogens is 329 g/mol. The molecule has 1 aliphatic rings. The Morgan fingerprint density at radius 3 is 2.64 bits per heavy atom. The minimum Gasteiger partial charge on any atom is -0.486 e. The van der Waals surface area contributed by atoms with E-state index < -0.39 is 12.1 Å². The van der Waals surface area contributed by atoms with Crippen molar-refractivity contribution in [1.29, 1.82) is 0 Å². The lowest BCUT2D eigenvalue weighted by molar-refractivity contribution is -0.129. The van der Waals surface area contributed by atoms with E-state index in [-0.39, 0.29) is 30.1 Å². The summed E-state index contributed by atoms with van der Waals surface area (Å²) in [6, 6.07) is 8.79. The number of hydrogen-bond donors (Lipinski definition) is 1. The second-order valence-electron chi connectivity index (χ2n) is 5.84. The molecule has 7 heteroatoms. The minimum absolute atomic E-state index is 0.0104. The lowest BCUT2D eigenvalue weighted by atomic mass is 10.3. The van der Waals surface area contributed by atoms with Crippen molar-refractivity contribution >= 4 is 11.9 Å². The molecule has 0 saturated heterocycles. The lowest BCUT2D eigenvalue weighted by Gasteiger charge is -2.12. The molecule has 1 heterocycles. The standard InChI is InChI=1S/C18H18FNO5/c1-11(17(21)20-13-4-5-13)24-18(22)16-9-8-15(25-16)10-23-14-6-2-12(19)3-7-14/h2-3,6-9,11,13H,4-5,10H2,1H3,(H,20,21)/t11-/m0/s1. The van der Waals surface area contributed by atoms with Crippen molar-refractivity contribution in [1.82, 2.24) is 5.32 Å². The normalized spacial score (nSPS) is 14.6. The Morgan fingerprint density at radius 1 is 1.24 bits per heavy atom. The summed E-state index contributed by atoms with van der Waals surface area (Å²) in [6.07, 6.45) is 1.03. The van der Waals surface area contributed by atoms with E-state index in [1.54, 1.807) is 6.07 Å². The molecule has 0 radical (unpaired) electrons. The topological polar surface area (TPSA) is 77.8 Å². The van der Waals surface area contributed by atoms with Gasteiger partial charge in [-0.25, -0.2) is 9.18 Å². The van der Waals surface area contributed by atoms with Crippen molar-refractivity contribution in [3.63, 3.8) is 0 Å². The predicted octanol–water partition coefficient (Wildman–Crippen LogP) is 2.82. The first-order chi connectivity index (χ1) is 12.0. The van der Waals surface area contributed by atoms with E-state index in [0.717, 1.165) is 12.8 Å². The van der Waals surface area contributed by atoms with Gasteiger partial charge in [-0.2, -0.15) is 0 Å². The number of esters is 1. The van der Waals surface area contributed by atoms with Gasteiger partial charge in [0.2, 0.25) is 5.76 Å². The number of benzene rings is 1. The molecule has 0 unspecified atom stereocenters. The Kier molecular flexibility index (Phi) is 5.02. The third kappa shape index (κ3) is 4.82. The molecule has 2 aromatic rings. The van der Waals surface area contributed by atoms with Crippen LogP contribution in [-0.2, 0) is 16.1 Å². The van der Waals surface area contributed by atoms with Crippen LogP contribution in [0.5, 0.6) is 5.75 Å². The van der Waals surface area contributed by atoms with E-state index in [4.69, 9.17) is 13.9 Å². The third-order valence-electron chi connectivity index (χ3n) is 3.63. The van der Waals surface area contributed by atoms with Gasteiger partial charge < -0.3 is 19.2 Å². The molecule has 1 saturated carbocycles. The van der Waals surface area contributed by atoms with E-state index in [9.17, 15) is 14.0 Å². The zero-order valence-corrected chi connectivity index (χ0v) is 13.7.